The molecule has 2 rings (SSSR count). The Labute approximate surface area is 65.4 Å². The van der Waals surface area contributed by atoms with Crippen LogP contribution in [0.2, 0.25) is 0 Å². The molecule has 60 valence electrons. The Kier molecular flexibility index (Phi) is 1.54. The summed E-state index contributed by atoms with van der Waals surface area (Å²) in [6.07, 6.45) is 3.64. The highest BCUT2D eigenvalue weighted by molar-refractivity contribution is 5.34. The summed E-state index contributed by atoms with van der Waals surface area (Å²) in [6.45, 7) is 1.04. The molecule has 0 aromatic carbocycles. The highest BCUT2D eigenvalue weighted by Crippen LogP contribution is 2.16. The quantitative estimate of drug-likeness (QED) is 0.455. The minimum atomic E-state index is 0.780. The van der Waals surface area contributed by atoms with Gasteiger partial charge in [-0.15, -0.1) is 0 Å². The van der Waals surface area contributed by atoms with Crippen LogP contribution in [0.25, 0.3) is 0 Å². The van der Waals surface area contributed by atoms with Crippen molar-refractivity contribution < 1.29 is 0 Å². The summed E-state index contributed by atoms with van der Waals surface area (Å²) in [5.41, 5.74) is 3.85. The van der Waals surface area contributed by atoms with Gasteiger partial charge in [-0.25, -0.2) is 5.84 Å². The number of anilines is 1. The Morgan fingerprint density at radius 1 is 1.55 bits per heavy atom. The first kappa shape index (κ1) is 6.67. The van der Waals surface area contributed by atoms with Crippen LogP contribution in [0.4, 0.5) is 5.82 Å². The number of nitrogens with zero attached hydrogens (tertiary/aromatic N) is 2. The lowest BCUT2D eigenvalue weighted by atomic mass is 10.1. The van der Waals surface area contributed by atoms with Crippen molar-refractivity contribution in [1.29, 1.82) is 0 Å². The minimum Gasteiger partial charge on any atom is -0.307 e. The van der Waals surface area contributed by atoms with Crippen LogP contribution in [0, 0.1) is 0 Å². The number of hydrogen-bond donors (Lipinski definition) is 2. The van der Waals surface area contributed by atoms with Crippen molar-refractivity contribution >= 4 is 5.82 Å². The molecule has 0 aliphatic carbocycles. The van der Waals surface area contributed by atoms with Gasteiger partial charge in [0, 0.05) is 18.3 Å². The van der Waals surface area contributed by atoms with Crippen LogP contribution in [-0.4, -0.2) is 9.78 Å². The summed E-state index contributed by atoms with van der Waals surface area (Å²) in [7, 11) is 0. The fourth-order valence-electron chi connectivity index (χ4n) is 1.49. The topological polar surface area (TPSA) is 55.9 Å². The van der Waals surface area contributed by atoms with E-state index in [1.54, 1.807) is 0 Å². The Morgan fingerprint density at radius 2 is 2.45 bits per heavy atom. The Bertz CT molecular complexity index is 229. The number of hydrazine groups is 1. The third kappa shape index (κ3) is 1.09. The van der Waals surface area contributed by atoms with E-state index < -0.39 is 0 Å². The molecule has 1 aromatic heterocycles. The lowest BCUT2D eigenvalue weighted by Crippen LogP contribution is -2.11. The van der Waals surface area contributed by atoms with E-state index in [2.05, 4.69) is 10.5 Å². The first-order valence-electron chi connectivity index (χ1n) is 3.93. The van der Waals surface area contributed by atoms with E-state index >= 15 is 0 Å². The van der Waals surface area contributed by atoms with Crippen molar-refractivity contribution in [3.8, 4) is 0 Å². The molecule has 1 aromatic rings. The zero-order chi connectivity index (χ0) is 7.68. The van der Waals surface area contributed by atoms with Crippen LogP contribution >= 0.6 is 0 Å². The van der Waals surface area contributed by atoms with E-state index in [0.29, 0.717) is 0 Å². The van der Waals surface area contributed by atoms with E-state index in [0.717, 1.165) is 18.8 Å². The lowest BCUT2D eigenvalue weighted by Gasteiger charge is -2.11. The van der Waals surface area contributed by atoms with Crippen molar-refractivity contribution in [1.82, 2.24) is 9.78 Å². The molecule has 0 atom stereocenters. The van der Waals surface area contributed by atoms with Crippen LogP contribution in [0.3, 0.4) is 0 Å². The molecule has 4 nitrogen and oxygen atoms in total. The lowest BCUT2D eigenvalue weighted by molar-refractivity contribution is 0.487. The SMILES string of the molecule is NNc1cc2n(n1)CCCC2. The predicted octanol–water partition coefficient (Wildman–Crippen LogP) is 0.505. The highest BCUT2D eigenvalue weighted by atomic mass is 15.4. The van der Waals surface area contributed by atoms with Gasteiger partial charge in [-0.1, -0.05) is 0 Å². The maximum Gasteiger partial charge on any atom is 0.162 e. The minimum absolute atomic E-state index is 0.780. The number of aromatic nitrogens is 2. The number of fused-ring (bicyclic) bond motifs is 1. The zero-order valence-corrected chi connectivity index (χ0v) is 6.38. The number of rotatable bonds is 1. The maximum atomic E-state index is 5.24. The van der Waals surface area contributed by atoms with Crippen molar-refractivity contribution in [3.05, 3.63) is 11.8 Å². The van der Waals surface area contributed by atoms with Crippen LogP contribution in [-0.2, 0) is 13.0 Å². The second kappa shape index (κ2) is 2.54. The monoisotopic (exact) mass is 152 g/mol. The highest BCUT2D eigenvalue weighted by Gasteiger charge is 2.10. The molecule has 2 heterocycles. The smallest absolute Gasteiger partial charge is 0.162 e. The summed E-state index contributed by atoms with van der Waals surface area (Å²) < 4.78 is 2.03. The van der Waals surface area contributed by atoms with Crippen LogP contribution < -0.4 is 11.3 Å². The fourth-order valence-corrected chi connectivity index (χ4v) is 1.49. The molecule has 4 heteroatoms. The first-order valence-corrected chi connectivity index (χ1v) is 3.93. The molecule has 1 aliphatic heterocycles. The van der Waals surface area contributed by atoms with Crippen LogP contribution in [0.5, 0.6) is 0 Å². The molecule has 0 unspecified atom stereocenters. The van der Waals surface area contributed by atoms with E-state index in [-0.39, 0.29) is 0 Å². The third-order valence-electron chi connectivity index (χ3n) is 2.06. The molecule has 0 spiro atoms. The Balaban J connectivity index is 2.32. The van der Waals surface area contributed by atoms with Gasteiger partial charge in [0.05, 0.1) is 0 Å². The Morgan fingerprint density at radius 3 is 3.18 bits per heavy atom. The number of nitrogens with one attached hydrogen (secondary N) is 1. The molecular weight excluding hydrogens is 140 g/mol. The van der Waals surface area contributed by atoms with E-state index in [4.69, 9.17) is 5.84 Å². The fraction of sp³-hybridized carbons (Fsp3) is 0.571. The molecule has 0 fully saturated rings. The summed E-state index contributed by atoms with van der Waals surface area (Å²) >= 11 is 0. The molecule has 11 heavy (non-hydrogen) atoms. The summed E-state index contributed by atoms with van der Waals surface area (Å²) in [4.78, 5) is 0. The zero-order valence-electron chi connectivity index (χ0n) is 6.38. The van der Waals surface area contributed by atoms with Gasteiger partial charge in [0.15, 0.2) is 5.82 Å². The average Bonchev–Trinajstić information content (AvgIpc) is 2.46. The first-order chi connectivity index (χ1) is 5.40. The summed E-state index contributed by atoms with van der Waals surface area (Å²) in [6, 6.07) is 2.01. The van der Waals surface area contributed by atoms with Gasteiger partial charge >= 0.3 is 0 Å². The second-order valence-electron chi connectivity index (χ2n) is 2.85. The molecular formula is C7H12N4. The van der Waals surface area contributed by atoms with E-state index in [1.165, 1.54) is 18.5 Å². The van der Waals surface area contributed by atoms with Crippen molar-refractivity contribution in [3.63, 3.8) is 0 Å². The molecule has 0 bridgehead atoms. The van der Waals surface area contributed by atoms with Gasteiger partial charge in [0.2, 0.25) is 0 Å². The second-order valence-corrected chi connectivity index (χ2v) is 2.85. The van der Waals surface area contributed by atoms with Gasteiger partial charge in [-0.3, -0.25) is 4.68 Å². The van der Waals surface area contributed by atoms with E-state index in [1.807, 2.05) is 10.7 Å². The van der Waals surface area contributed by atoms with Crippen molar-refractivity contribution in [2.75, 3.05) is 5.43 Å². The average molecular weight is 152 g/mol. The molecule has 3 N–H and O–H groups in total. The maximum absolute atomic E-state index is 5.24. The van der Waals surface area contributed by atoms with Crippen LogP contribution in [0.1, 0.15) is 18.5 Å². The standard InChI is InChI=1S/C7H12N4/c8-9-7-5-6-3-1-2-4-11(6)10-7/h5H,1-4,8H2,(H,9,10). The normalized spacial score (nSPS) is 16.1. The van der Waals surface area contributed by atoms with Gasteiger partial charge in [-0.2, -0.15) is 5.10 Å². The number of nitrogens with two attached hydrogens (primary N) is 1. The summed E-state index contributed by atoms with van der Waals surface area (Å²) in [5, 5.41) is 4.25. The number of hydrogen-bond acceptors (Lipinski definition) is 3. The summed E-state index contributed by atoms with van der Waals surface area (Å²) in [5.74, 6) is 6.02. The number of aryl methyl sites for hydroxylation is 2. The molecule has 0 amide bonds. The molecule has 0 saturated carbocycles. The third-order valence-corrected chi connectivity index (χ3v) is 2.06. The van der Waals surface area contributed by atoms with Crippen LogP contribution in [0.15, 0.2) is 6.07 Å². The Hall–Kier alpha value is -1.03. The molecule has 0 saturated heterocycles. The van der Waals surface area contributed by atoms with Crippen molar-refractivity contribution in [2.45, 2.75) is 25.8 Å². The number of nitrogen functional groups attached to an aromatic ring is 1. The van der Waals surface area contributed by atoms with Gasteiger partial charge in [0.1, 0.15) is 0 Å². The van der Waals surface area contributed by atoms with Crippen molar-refractivity contribution in [2.24, 2.45) is 5.84 Å². The molecule has 0 radical (unpaired) electrons. The van der Waals surface area contributed by atoms with Gasteiger partial charge in [-0.05, 0) is 19.3 Å². The molecule has 1 aliphatic rings. The largest absolute Gasteiger partial charge is 0.307 e. The van der Waals surface area contributed by atoms with Gasteiger partial charge < -0.3 is 5.43 Å². The van der Waals surface area contributed by atoms with Gasteiger partial charge in [0.25, 0.3) is 0 Å². The predicted molar refractivity (Wildman–Crippen MR) is 43.0 cm³/mol. The van der Waals surface area contributed by atoms with E-state index in [9.17, 15) is 0 Å².